The standard InChI is InChI=1S/C19H27N5O2.C3H8.2C2H6/c20-16(18(25)23-9-1-2-10-23)11-14-5-7-19(26,8-6-14)15-3-4-17-21-13-22-24(17)12-15;1-3-2;2*1-2/h3-4,12-14,16,26H,1-2,5-11,20H2;3H2,1-2H3;2*1-2H3/t14?,16-,19?;;;/m0.../s1. The minimum absolute atomic E-state index is 0.0972. The normalized spacial score (nSPS) is 22.8. The van der Waals surface area contributed by atoms with E-state index in [9.17, 15) is 9.90 Å². The van der Waals surface area contributed by atoms with Gasteiger partial charge in [-0.2, -0.15) is 5.10 Å². The van der Waals surface area contributed by atoms with E-state index in [2.05, 4.69) is 23.9 Å². The largest absolute Gasteiger partial charge is 0.385 e. The Hall–Kier alpha value is -1.99. The average molecular weight is 462 g/mol. The molecule has 7 nitrogen and oxygen atoms in total. The summed E-state index contributed by atoms with van der Waals surface area (Å²) in [6.07, 6.45) is 10.7. The number of hydrogen-bond donors (Lipinski definition) is 2. The molecule has 1 saturated heterocycles. The van der Waals surface area contributed by atoms with Gasteiger partial charge in [-0.15, -0.1) is 0 Å². The highest BCUT2D eigenvalue weighted by Crippen LogP contribution is 2.40. The highest BCUT2D eigenvalue weighted by molar-refractivity contribution is 5.81. The predicted molar refractivity (Wildman–Crippen MR) is 136 cm³/mol. The zero-order valence-electron chi connectivity index (χ0n) is 21.8. The lowest BCUT2D eigenvalue weighted by atomic mass is 9.74. The third kappa shape index (κ3) is 8.07. The van der Waals surface area contributed by atoms with Gasteiger partial charge in [-0.05, 0) is 56.9 Å². The van der Waals surface area contributed by atoms with Gasteiger partial charge in [0.05, 0.1) is 11.6 Å². The molecule has 33 heavy (non-hydrogen) atoms. The van der Waals surface area contributed by atoms with Crippen LogP contribution in [0.5, 0.6) is 0 Å². The van der Waals surface area contributed by atoms with Crippen molar-refractivity contribution in [3.8, 4) is 0 Å². The second-order valence-corrected chi connectivity index (χ2v) is 8.54. The highest BCUT2D eigenvalue weighted by Gasteiger charge is 2.36. The van der Waals surface area contributed by atoms with Crippen molar-refractivity contribution in [2.24, 2.45) is 11.7 Å². The van der Waals surface area contributed by atoms with Gasteiger partial charge in [0, 0.05) is 24.8 Å². The molecule has 1 amide bonds. The van der Waals surface area contributed by atoms with Crippen LogP contribution in [-0.4, -0.2) is 49.6 Å². The Morgan fingerprint density at radius 3 is 2.30 bits per heavy atom. The first kappa shape index (κ1) is 29.0. The molecular weight excluding hydrogens is 414 g/mol. The fraction of sp³-hybridized carbons (Fsp3) is 0.731. The minimum atomic E-state index is -0.834. The second-order valence-electron chi connectivity index (χ2n) is 8.54. The van der Waals surface area contributed by atoms with Gasteiger partial charge in [0.1, 0.15) is 6.33 Å². The summed E-state index contributed by atoms with van der Waals surface area (Å²) in [5.41, 5.74) is 7.01. The summed E-state index contributed by atoms with van der Waals surface area (Å²) >= 11 is 0. The summed E-state index contributed by atoms with van der Waals surface area (Å²) in [6.45, 7) is 13.9. The van der Waals surface area contributed by atoms with Crippen molar-refractivity contribution >= 4 is 11.6 Å². The number of amides is 1. The number of fused-ring (bicyclic) bond motifs is 1. The molecule has 7 heteroatoms. The Morgan fingerprint density at radius 2 is 1.73 bits per heavy atom. The van der Waals surface area contributed by atoms with E-state index in [1.165, 1.54) is 12.7 Å². The van der Waals surface area contributed by atoms with E-state index in [0.29, 0.717) is 25.2 Å². The fourth-order valence-electron chi connectivity index (χ4n) is 4.40. The lowest BCUT2D eigenvalue weighted by Gasteiger charge is -2.37. The Bertz CT molecular complexity index is 793. The van der Waals surface area contributed by atoms with Gasteiger partial charge in [0.2, 0.25) is 5.91 Å². The summed E-state index contributed by atoms with van der Waals surface area (Å²) in [5.74, 6) is 0.492. The zero-order valence-corrected chi connectivity index (χ0v) is 21.8. The molecule has 3 heterocycles. The molecule has 0 spiro atoms. The van der Waals surface area contributed by atoms with Crippen molar-refractivity contribution in [3.63, 3.8) is 0 Å². The van der Waals surface area contributed by atoms with E-state index in [-0.39, 0.29) is 5.91 Å². The van der Waals surface area contributed by atoms with Gasteiger partial charge in [0.25, 0.3) is 0 Å². The summed E-state index contributed by atoms with van der Waals surface area (Å²) in [7, 11) is 0. The average Bonchev–Trinajstić information content (AvgIpc) is 3.55. The molecule has 0 bridgehead atoms. The van der Waals surface area contributed by atoms with E-state index < -0.39 is 11.6 Å². The molecule has 1 saturated carbocycles. The van der Waals surface area contributed by atoms with Crippen molar-refractivity contribution in [2.45, 2.75) is 105 Å². The molecule has 3 N–H and O–H groups in total. The molecule has 2 aromatic rings. The number of carbonyl (C=O) groups is 1. The molecule has 2 fully saturated rings. The van der Waals surface area contributed by atoms with E-state index in [1.807, 2.05) is 50.9 Å². The first-order valence-corrected chi connectivity index (χ1v) is 13.0. The maximum atomic E-state index is 12.4. The Morgan fingerprint density at radius 1 is 1.15 bits per heavy atom. The summed E-state index contributed by atoms with van der Waals surface area (Å²) in [5, 5.41) is 15.3. The van der Waals surface area contributed by atoms with Crippen molar-refractivity contribution in [1.29, 1.82) is 0 Å². The number of aliphatic hydroxyl groups is 1. The topological polar surface area (TPSA) is 96.7 Å². The summed E-state index contributed by atoms with van der Waals surface area (Å²) in [4.78, 5) is 18.4. The maximum absolute atomic E-state index is 12.4. The maximum Gasteiger partial charge on any atom is 0.239 e. The van der Waals surface area contributed by atoms with Crippen molar-refractivity contribution in [3.05, 3.63) is 30.2 Å². The smallest absolute Gasteiger partial charge is 0.239 e. The molecule has 0 aromatic carbocycles. The Kier molecular flexibility index (Phi) is 13.2. The van der Waals surface area contributed by atoms with Crippen LogP contribution in [0, 0.1) is 5.92 Å². The van der Waals surface area contributed by atoms with E-state index >= 15 is 0 Å². The van der Waals surface area contributed by atoms with Gasteiger partial charge in [-0.3, -0.25) is 4.79 Å². The SMILES string of the molecule is CC.CC.CCC.N[C@@H](CC1CCC(O)(c2ccc3ncnn3c2)CC1)C(=O)N1CCCC1. The molecule has 1 aliphatic carbocycles. The third-order valence-corrected chi connectivity index (χ3v) is 6.07. The van der Waals surface area contributed by atoms with Crippen molar-refractivity contribution in [2.75, 3.05) is 13.1 Å². The lowest BCUT2D eigenvalue weighted by Crippen LogP contribution is -2.44. The number of nitrogens with two attached hydrogens (primary N) is 1. The van der Waals surface area contributed by atoms with Gasteiger partial charge in [-0.25, -0.2) is 9.50 Å². The van der Waals surface area contributed by atoms with Crippen LogP contribution in [-0.2, 0) is 10.4 Å². The predicted octanol–water partition coefficient (Wildman–Crippen LogP) is 4.92. The fourth-order valence-corrected chi connectivity index (χ4v) is 4.40. The van der Waals surface area contributed by atoms with Gasteiger partial charge >= 0.3 is 0 Å². The molecule has 1 aliphatic heterocycles. The van der Waals surface area contributed by atoms with Crippen LogP contribution in [0.25, 0.3) is 5.65 Å². The lowest BCUT2D eigenvalue weighted by molar-refractivity contribution is -0.132. The van der Waals surface area contributed by atoms with Gasteiger partial charge in [0.15, 0.2) is 5.65 Å². The van der Waals surface area contributed by atoms with Gasteiger partial charge in [-0.1, -0.05) is 54.0 Å². The number of carbonyl (C=O) groups excluding carboxylic acids is 1. The minimum Gasteiger partial charge on any atom is -0.385 e. The monoisotopic (exact) mass is 461 g/mol. The van der Waals surface area contributed by atoms with Crippen LogP contribution >= 0.6 is 0 Å². The van der Waals surface area contributed by atoms with E-state index in [0.717, 1.165) is 50.0 Å². The molecule has 2 aromatic heterocycles. The van der Waals surface area contributed by atoms with Crippen LogP contribution in [0.3, 0.4) is 0 Å². The second kappa shape index (κ2) is 15.0. The highest BCUT2D eigenvalue weighted by atomic mass is 16.3. The van der Waals surface area contributed by atoms with E-state index in [1.54, 1.807) is 4.52 Å². The van der Waals surface area contributed by atoms with Crippen molar-refractivity contribution in [1.82, 2.24) is 19.5 Å². The van der Waals surface area contributed by atoms with Crippen LogP contribution in [0.4, 0.5) is 0 Å². The first-order valence-electron chi connectivity index (χ1n) is 13.0. The molecule has 4 rings (SSSR count). The molecule has 188 valence electrons. The number of pyridine rings is 1. The number of rotatable bonds is 4. The van der Waals surface area contributed by atoms with Crippen LogP contribution in [0.2, 0.25) is 0 Å². The molecular formula is C26H47N5O2. The van der Waals surface area contributed by atoms with Gasteiger partial charge < -0.3 is 15.7 Å². The Labute approximate surface area is 200 Å². The van der Waals surface area contributed by atoms with Crippen LogP contribution in [0.1, 0.15) is 98.5 Å². The molecule has 0 radical (unpaired) electrons. The quantitative estimate of drug-likeness (QED) is 0.674. The number of aromatic nitrogens is 3. The summed E-state index contributed by atoms with van der Waals surface area (Å²) in [6, 6.07) is 3.42. The number of hydrogen-bond acceptors (Lipinski definition) is 5. The zero-order chi connectivity index (χ0) is 24.9. The first-order chi connectivity index (χ1) is 16.0. The van der Waals surface area contributed by atoms with Crippen LogP contribution < -0.4 is 5.73 Å². The Balaban J connectivity index is 0.000000705. The molecule has 0 unspecified atom stereocenters. The van der Waals surface area contributed by atoms with Crippen molar-refractivity contribution < 1.29 is 9.90 Å². The number of likely N-dealkylation sites (tertiary alicyclic amines) is 1. The number of nitrogens with zero attached hydrogens (tertiary/aromatic N) is 4. The molecule has 1 atom stereocenters. The summed E-state index contributed by atoms with van der Waals surface area (Å²) < 4.78 is 1.70. The molecule has 2 aliphatic rings. The van der Waals surface area contributed by atoms with E-state index in [4.69, 9.17) is 5.73 Å². The van der Waals surface area contributed by atoms with Crippen LogP contribution in [0.15, 0.2) is 24.7 Å². The third-order valence-electron chi connectivity index (χ3n) is 6.07.